The zero-order valence-electron chi connectivity index (χ0n) is 22.6. The van der Waals surface area contributed by atoms with Crippen LogP contribution in [-0.4, -0.2) is 17.9 Å². The van der Waals surface area contributed by atoms with Gasteiger partial charge in [0.05, 0.1) is 6.10 Å². The summed E-state index contributed by atoms with van der Waals surface area (Å²) in [4.78, 5) is 25.7. The average Bonchev–Trinajstić information content (AvgIpc) is 2.91. The van der Waals surface area contributed by atoms with Crippen LogP contribution in [0.15, 0.2) is 54.6 Å². The van der Waals surface area contributed by atoms with Gasteiger partial charge in [-0.05, 0) is 68.5 Å². The summed E-state index contributed by atoms with van der Waals surface area (Å²) >= 11 is 24.8. The minimum atomic E-state index is -0.523. The van der Waals surface area contributed by atoms with Crippen molar-refractivity contribution in [1.82, 2.24) is 0 Å². The second-order valence-electron chi connectivity index (χ2n) is 9.88. The number of ether oxygens (including phenoxy) is 3. The molecule has 0 radical (unpaired) electrons. The number of halogens is 4. The Morgan fingerprint density at radius 3 is 2.12 bits per heavy atom. The van der Waals surface area contributed by atoms with Crippen molar-refractivity contribution in [3.8, 4) is 11.5 Å². The van der Waals surface area contributed by atoms with E-state index in [1.807, 2.05) is 19.1 Å². The maximum Gasteiger partial charge on any atom is 0.342 e. The highest BCUT2D eigenvalue weighted by Gasteiger charge is 2.23. The van der Waals surface area contributed by atoms with Crippen molar-refractivity contribution in [1.29, 1.82) is 0 Å². The molecule has 0 aliphatic carbocycles. The summed E-state index contributed by atoms with van der Waals surface area (Å²) in [6.07, 6.45) is 7.06. The largest absolute Gasteiger partial charge is 0.489 e. The summed E-state index contributed by atoms with van der Waals surface area (Å²) in [5.74, 6) is 0.455. The van der Waals surface area contributed by atoms with Crippen LogP contribution in [-0.2, 0) is 22.7 Å². The Labute approximate surface area is 260 Å². The number of allylic oxidation sites excluding steroid dienone is 1. The summed E-state index contributed by atoms with van der Waals surface area (Å²) in [6, 6.07) is 13.7. The molecule has 1 aliphatic rings. The molecule has 1 aliphatic heterocycles. The molecule has 216 valence electrons. The summed E-state index contributed by atoms with van der Waals surface area (Å²) in [7, 11) is 0. The van der Waals surface area contributed by atoms with E-state index in [2.05, 4.69) is 0 Å². The lowest BCUT2D eigenvalue weighted by Crippen LogP contribution is -2.18. The van der Waals surface area contributed by atoms with Gasteiger partial charge in [0.2, 0.25) is 0 Å². The second-order valence-corrected chi connectivity index (χ2v) is 11.6. The van der Waals surface area contributed by atoms with Crippen LogP contribution in [0.25, 0.3) is 6.08 Å². The number of fused-ring (bicyclic) bond motifs is 1. The zero-order chi connectivity index (χ0) is 29.4. The number of carbonyl (C=O) groups is 2. The summed E-state index contributed by atoms with van der Waals surface area (Å²) in [6.45, 7) is 2.08. The number of esters is 1. The molecule has 3 aromatic rings. The van der Waals surface area contributed by atoms with Crippen molar-refractivity contribution in [2.24, 2.45) is 0 Å². The molecular weight excluding hydrogens is 606 g/mol. The second kappa shape index (κ2) is 15.0. The molecular formula is C32H30Cl4O5. The monoisotopic (exact) mass is 634 g/mol. The lowest BCUT2D eigenvalue weighted by molar-refractivity contribution is -0.119. The predicted molar refractivity (Wildman–Crippen MR) is 165 cm³/mol. The zero-order valence-corrected chi connectivity index (χ0v) is 25.6. The van der Waals surface area contributed by atoms with Gasteiger partial charge in [0, 0.05) is 50.1 Å². The molecule has 0 saturated heterocycles. The molecule has 0 fully saturated rings. The first kappa shape index (κ1) is 31.2. The molecule has 1 atom stereocenters. The average molecular weight is 636 g/mol. The third-order valence-electron chi connectivity index (χ3n) is 6.62. The van der Waals surface area contributed by atoms with Gasteiger partial charge in [-0.25, -0.2) is 4.79 Å². The van der Waals surface area contributed by atoms with Crippen molar-refractivity contribution in [3.05, 3.63) is 97.0 Å². The molecule has 0 bridgehead atoms. The van der Waals surface area contributed by atoms with Gasteiger partial charge in [-0.1, -0.05) is 70.7 Å². The van der Waals surface area contributed by atoms with Gasteiger partial charge in [0.1, 0.15) is 36.1 Å². The number of benzene rings is 3. The number of Topliss-reactive ketones (excluding diaryl/α,β-unsaturated/α-hetero) is 1. The number of carbonyl (C=O) groups excluding carboxylic acids is 2. The van der Waals surface area contributed by atoms with Crippen molar-refractivity contribution in [2.75, 3.05) is 0 Å². The molecule has 5 nitrogen and oxygen atoms in total. The first-order chi connectivity index (χ1) is 19.7. The molecule has 0 amide bonds. The molecule has 9 heteroatoms. The maximum absolute atomic E-state index is 13.5. The van der Waals surface area contributed by atoms with Gasteiger partial charge in [0.25, 0.3) is 0 Å². The van der Waals surface area contributed by atoms with Crippen LogP contribution in [0.2, 0.25) is 20.1 Å². The van der Waals surface area contributed by atoms with E-state index in [0.717, 1.165) is 12.0 Å². The predicted octanol–water partition coefficient (Wildman–Crippen LogP) is 9.94. The Balaban J connectivity index is 1.71. The van der Waals surface area contributed by atoms with Crippen molar-refractivity contribution in [3.63, 3.8) is 0 Å². The van der Waals surface area contributed by atoms with Crippen LogP contribution in [0.1, 0.15) is 72.5 Å². The third kappa shape index (κ3) is 9.14. The molecule has 3 aromatic carbocycles. The SMILES string of the molecule is C[C@H]1CCCC(=O)CCCC=Cc2cc(OCc3ccc(Cl)cc3Cl)cc(OCc3ccc(Cl)cc3Cl)c2C(=O)O1. The van der Waals surface area contributed by atoms with Gasteiger partial charge in [-0.2, -0.15) is 0 Å². The standard InChI is InChI=1S/C32H30Cl4O5/c1-20-6-5-9-26(37)8-4-2-3-7-21-14-27(39-18-22-10-12-24(33)15-28(22)35)17-30(31(21)32(38)41-20)40-19-23-11-13-25(34)16-29(23)36/h3,7,10-17,20H,2,4-6,8-9,18-19H2,1H3/t20-/m0/s1. The van der Waals surface area contributed by atoms with E-state index in [1.165, 1.54) is 0 Å². The maximum atomic E-state index is 13.5. The fourth-order valence-electron chi connectivity index (χ4n) is 4.39. The Bertz CT molecular complexity index is 1440. The van der Waals surface area contributed by atoms with Crippen LogP contribution in [0.5, 0.6) is 11.5 Å². The van der Waals surface area contributed by atoms with E-state index in [4.69, 9.17) is 60.6 Å². The topological polar surface area (TPSA) is 61.8 Å². The quantitative estimate of drug-likeness (QED) is 0.252. The van der Waals surface area contributed by atoms with E-state index in [0.29, 0.717) is 69.1 Å². The van der Waals surface area contributed by atoms with Crippen LogP contribution in [0.4, 0.5) is 0 Å². The highest BCUT2D eigenvalue weighted by Crippen LogP contribution is 2.34. The normalized spacial score (nSPS) is 16.5. The molecule has 1 heterocycles. The summed E-state index contributed by atoms with van der Waals surface area (Å²) in [5, 5.41) is 1.97. The Hall–Kier alpha value is -2.70. The van der Waals surface area contributed by atoms with Crippen molar-refractivity contribution < 1.29 is 23.8 Å². The fourth-order valence-corrected chi connectivity index (χ4v) is 5.32. The minimum Gasteiger partial charge on any atom is -0.489 e. The third-order valence-corrected chi connectivity index (χ3v) is 7.79. The molecule has 0 saturated carbocycles. The molecule has 41 heavy (non-hydrogen) atoms. The molecule has 4 rings (SSSR count). The van der Waals surface area contributed by atoms with Gasteiger partial charge in [0.15, 0.2) is 0 Å². The number of hydrogen-bond donors (Lipinski definition) is 0. The van der Waals surface area contributed by atoms with Gasteiger partial charge in [-0.3, -0.25) is 4.79 Å². The minimum absolute atomic E-state index is 0.0869. The Morgan fingerprint density at radius 1 is 0.829 bits per heavy atom. The van der Waals surface area contributed by atoms with Crippen LogP contribution in [0, 0.1) is 0 Å². The number of hydrogen-bond acceptors (Lipinski definition) is 5. The lowest BCUT2D eigenvalue weighted by atomic mass is 10.0. The molecule has 0 N–H and O–H groups in total. The number of rotatable bonds is 6. The first-order valence-electron chi connectivity index (χ1n) is 13.4. The highest BCUT2D eigenvalue weighted by molar-refractivity contribution is 6.35. The molecule has 0 spiro atoms. The Morgan fingerprint density at radius 2 is 1.46 bits per heavy atom. The first-order valence-corrected chi connectivity index (χ1v) is 14.9. The van der Waals surface area contributed by atoms with E-state index in [1.54, 1.807) is 48.5 Å². The molecule has 0 unspecified atom stereocenters. The van der Waals surface area contributed by atoms with Gasteiger partial charge < -0.3 is 14.2 Å². The smallest absolute Gasteiger partial charge is 0.342 e. The molecule has 0 aromatic heterocycles. The van der Waals surface area contributed by atoms with Crippen LogP contribution < -0.4 is 9.47 Å². The van der Waals surface area contributed by atoms with Crippen LogP contribution in [0.3, 0.4) is 0 Å². The van der Waals surface area contributed by atoms with Crippen molar-refractivity contribution >= 4 is 64.2 Å². The van der Waals surface area contributed by atoms with E-state index in [-0.39, 0.29) is 36.4 Å². The summed E-state index contributed by atoms with van der Waals surface area (Å²) < 4.78 is 18.1. The fraction of sp³-hybridized carbons (Fsp3) is 0.312. The Kier molecular flexibility index (Phi) is 11.4. The summed E-state index contributed by atoms with van der Waals surface area (Å²) in [5.41, 5.74) is 2.30. The lowest BCUT2D eigenvalue weighted by Gasteiger charge is -2.19. The van der Waals surface area contributed by atoms with Crippen molar-refractivity contribution in [2.45, 2.75) is 64.8 Å². The number of cyclic esters (lactones) is 1. The van der Waals surface area contributed by atoms with Gasteiger partial charge in [-0.15, -0.1) is 0 Å². The highest BCUT2D eigenvalue weighted by atomic mass is 35.5. The van der Waals surface area contributed by atoms with Gasteiger partial charge >= 0.3 is 5.97 Å². The number of ketones is 1. The van der Waals surface area contributed by atoms with E-state index < -0.39 is 5.97 Å². The van der Waals surface area contributed by atoms with E-state index >= 15 is 0 Å². The van der Waals surface area contributed by atoms with E-state index in [9.17, 15) is 9.59 Å². The van der Waals surface area contributed by atoms with Crippen LogP contribution >= 0.6 is 46.4 Å².